The molecule has 0 radical (unpaired) electrons. The Morgan fingerprint density at radius 2 is 1.70 bits per heavy atom. The number of phenols is 1. The highest BCUT2D eigenvalue weighted by molar-refractivity contribution is 5.61. The van der Waals surface area contributed by atoms with Gasteiger partial charge in [0.1, 0.15) is 11.6 Å². The zero-order valence-electron chi connectivity index (χ0n) is 12.0. The van der Waals surface area contributed by atoms with E-state index in [0.717, 1.165) is 0 Å². The fraction of sp³-hybridized carbons (Fsp3) is 0.333. The Morgan fingerprint density at radius 1 is 1.15 bits per heavy atom. The summed E-state index contributed by atoms with van der Waals surface area (Å²) in [4.78, 5) is 18.7. The third-order valence-corrected chi connectivity index (χ3v) is 3.28. The maximum absolute atomic E-state index is 12.0. The highest BCUT2D eigenvalue weighted by atomic mass is 16.3. The molecule has 0 bridgehead atoms. The van der Waals surface area contributed by atoms with Gasteiger partial charge in [-0.2, -0.15) is 4.98 Å². The molecule has 0 atom stereocenters. The zero-order valence-corrected chi connectivity index (χ0v) is 12.0. The molecule has 1 aromatic heterocycles. The Balaban J connectivity index is 2.63. The van der Waals surface area contributed by atoms with Crippen LogP contribution in [0, 0.1) is 13.8 Å². The van der Waals surface area contributed by atoms with Crippen molar-refractivity contribution in [3.63, 3.8) is 0 Å². The molecule has 20 heavy (non-hydrogen) atoms. The molecule has 5 nitrogen and oxygen atoms in total. The number of rotatable bonds is 2. The highest BCUT2D eigenvalue weighted by Crippen LogP contribution is 2.28. The predicted molar refractivity (Wildman–Crippen MR) is 77.2 cm³/mol. The largest absolute Gasteiger partial charge is 0.507 e. The van der Waals surface area contributed by atoms with Crippen molar-refractivity contribution in [3.8, 4) is 23.0 Å². The van der Waals surface area contributed by atoms with Crippen LogP contribution in [0.25, 0.3) is 11.4 Å². The number of aromatic amines is 1. The van der Waals surface area contributed by atoms with E-state index in [2.05, 4.69) is 9.97 Å². The van der Waals surface area contributed by atoms with Gasteiger partial charge in [0.2, 0.25) is 5.88 Å². The first-order valence-corrected chi connectivity index (χ1v) is 6.45. The lowest BCUT2D eigenvalue weighted by molar-refractivity contribution is 0.440. The average Bonchev–Trinajstić information content (AvgIpc) is 2.33. The number of nitrogens with one attached hydrogen (secondary N) is 1. The Kier molecular flexibility index (Phi) is 3.53. The number of phenolic OH excluding ortho intramolecular Hbond substituents is 1. The molecule has 106 valence electrons. The molecule has 1 aromatic carbocycles. The maximum Gasteiger partial charge on any atom is 0.258 e. The van der Waals surface area contributed by atoms with Gasteiger partial charge in [0.05, 0.1) is 5.56 Å². The van der Waals surface area contributed by atoms with E-state index in [9.17, 15) is 15.0 Å². The summed E-state index contributed by atoms with van der Waals surface area (Å²) in [6.45, 7) is 7.18. The van der Waals surface area contributed by atoms with E-state index in [1.807, 2.05) is 13.8 Å². The van der Waals surface area contributed by atoms with Crippen LogP contribution < -0.4 is 5.56 Å². The molecular formula is C15H18N2O3. The van der Waals surface area contributed by atoms with Gasteiger partial charge in [-0.3, -0.25) is 4.79 Å². The second kappa shape index (κ2) is 5.00. The van der Waals surface area contributed by atoms with Crippen molar-refractivity contribution in [2.24, 2.45) is 0 Å². The third-order valence-electron chi connectivity index (χ3n) is 3.28. The average molecular weight is 274 g/mol. The molecule has 0 saturated heterocycles. The van der Waals surface area contributed by atoms with E-state index in [1.165, 1.54) is 0 Å². The minimum atomic E-state index is -0.342. The highest BCUT2D eigenvalue weighted by Gasteiger charge is 2.15. The summed E-state index contributed by atoms with van der Waals surface area (Å²) >= 11 is 0. The van der Waals surface area contributed by atoms with E-state index in [4.69, 9.17) is 0 Å². The fourth-order valence-electron chi connectivity index (χ4n) is 2.22. The lowest BCUT2D eigenvalue weighted by Crippen LogP contribution is -2.16. The van der Waals surface area contributed by atoms with Gasteiger partial charge in [-0.15, -0.1) is 0 Å². The summed E-state index contributed by atoms with van der Waals surface area (Å²) in [6, 6.07) is 3.43. The topological polar surface area (TPSA) is 86.2 Å². The molecule has 0 spiro atoms. The molecule has 0 fully saturated rings. The van der Waals surface area contributed by atoms with Crippen molar-refractivity contribution in [3.05, 3.63) is 39.2 Å². The first-order valence-electron chi connectivity index (χ1n) is 6.45. The van der Waals surface area contributed by atoms with Crippen molar-refractivity contribution in [2.75, 3.05) is 0 Å². The van der Waals surface area contributed by atoms with Crippen LogP contribution in [0.15, 0.2) is 16.9 Å². The third kappa shape index (κ3) is 2.39. The minimum Gasteiger partial charge on any atom is -0.507 e. The number of hydrogen-bond donors (Lipinski definition) is 3. The number of benzene rings is 1. The molecule has 0 unspecified atom stereocenters. The van der Waals surface area contributed by atoms with E-state index in [0.29, 0.717) is 22.5 Å². The van der Waals surface area contributed by atoms with Crippen LogP contribution in [-0.4, -0.2) is 20.2 Å². The molecule has 5 heteroatoms. The van der Waals surface area contributed by atoms with Gasteiger partial charge in [0, 0.05) is 5.56 Å². The van der Waals surface area contributed by atoms with Gasteiger partial charge in [0.25, 0.3) is 5.56 Å². The first-order chi connectivity index (χ1) is 9.31. The van der Waals surface area contributed by atoms with Gasteiger partial charge < -0.3 is 15.2 Å². The van der Waals surface area contributed by atoms with Crippen molar-refractivity contribution in [1.82, 2.24) is 9.97 Å². The summed E-state index contributed by atoms with van der Waals surface area (Å²) in [6.07, 6.45) is 0. The molecule has 1 heterocycles. The second-order valence-corrected chi connectivity index (χ2v) is 5.27. The fourth-order valence-corrected chi connectivity index (χ4v) is 2.22. The Morgan fingerprint density at radius 3 is 2.15 bits per heavy atom. The Labute approximate surface area is 117 Å². The monoisotopic (exact) mass is 274 g/mol. The van der Waals surface area contributed by atoms with Gasteiger partial charge >= 0.3 is 0 Å². The molecule has 2 aromatic rings. The summed E-state index contributed by atoms with van der Waals surface area (Å²) < 4.78 is 0. The smallest absolute Gasteiger partial charge is 0.258 e. The van der Waals surface area contributed by atoms with E-state index >= 15 is 0 Å². The number of nitrogens with zero attached hydrogens (tertiary/aromatic N) is 1. The molecule has 0 amide bonds. The van der Waals surface area contributed by atoms with Crippen LogP contribution in [0.3, 0.4) is 0 Å². The van der Waals surface area contributed by atoms with Crippen molar-refractivity contribution < 1.29 is 10.2 Å². The molecule has 2 rings (SSSR count). The Hall–Kier alpha value is -2.30. The van der Waals surface area contributed by atoms with Crippen LogP contribution in [0.2, 0.25) is 0 Å². The minimum absolute atomic E-state index is 0.108. The second-order valence-electron chi connectivity index (χ2n) is 5.27. The van der Waals surface area contributed by atoms with Crippen LogP contribution in [0.5, 0.6) is 11.6 Å². The SMILES string of the molecule is Cc1cc(-c2nc(O)c(C(C)C)c(=O)[nH]2)cc(C)c1O. The lowest BCUT2D eigenvalue weighted by atomic mass is 10.0. The quantitative estimate of drug-likeness (QED) is 0.785. The number of aromatic hydroxyl groups is 2. The van der Waals surface area contributed by atoms with Crippen LogP contribution in [0.4, 0.5) is 0 Å². The summed E-state index contributed by atoms with van der Waals surface area (Å²) in [5, 5.41) is 19.7. The zero-order chi connectivity index (χ0) is 15.0. The normalized spacial score (nSPS) is 11.1. The maximum atomic E-state index is 12.0. The Bertz CT molecular complexity index is 695. The van der Waals surface area contributed by atoms with E-state index in [-0.39, 0.29) is 28.7 Å². The van der Waals surface area contributed by atoms with E-state index in [1.54, 1.807) is 26.0 Å². The molecule has 0 saturated carbocycles. The number of hydrogen-bond acceptors (Lipinski definition) is 4. The van der Waals surface area contributed by atoms with E-state index < -0.39 is 0 Å². The molecule has 0 aliphatic heterocycles. The molecule has 3 N–H and O–H groups in total. The standard InChI is InChI=1S/C15H18N2O3/c1-7(2)11-14(19)16-13(17-15(11)20)10-5-8(3)12(18)9(4)6-10/h5-7,18H,1-4H3,(H2,16,17,19,20). The number of aryl methyl sites for hydroxylation is 2. The van der Waals surface area contributed by atoms with Crippen LogP contribution in [0.1, 0.15) is 36.5 Å². The lowest BCUT2D eigenvalue weighted by Gasteiger charge is -2.10. The first kappa shape index (κ1) is 14.1. The summed E-state index contributed by atoms with van der Waals surface area (Å²) in [5.41, 5.74) is 1.97. The number of aromatic nitrogens is 2. The molecular weight excluding hydrogens is 256 g/mol. The van der Waals surface area contributed by atoms with Crippen LogP contribution >= 0.6 is 0 Å². The summed E-state index contributed by atoms with van der Waals surface area (Å²) in [5.74, 6) is 0.160. The van der Waals surface area contributed by atoms with Crippen molar-refractivity contribution in [1.29, 1.82) is 0 Å². The van der Waals surface area contributed by atoms with Crippen molar-refractivity contribution in [2.45, 2.75) is 33.6 Å². The van der Waals surface area contributed by atoms with Crippen molar-refractivity contribution >= 4 is 0 Å². The predicted octanol–water partition coefficient (Wildman–Crippen LogP) is 2.59. The summed E-state index contributed by atoms with van der Waals surface area (Å²) in [7, 11) is 0. The molecule has 0 aliphatic rings. The molecule has 0 aliphatic carbocycles. The number of H-pyrrole nitrogens is 1. The van der Waals surface area contributed by atoms with Gasteiger partial charge in [-0.25, -0.2) is 0 Å². The van der Waals surface area contributed by atoms with Gasteiger partial charge in [-0.1, -0.05) is 13.8 Å². The van der Waals surface area contributed by atoms with Crippen LogP contribution in [-0.2, 0) is 0 Å². The van der Waals surface area contributed by atoms with Gasteiger partial charge in [-0.05, 0) is 43.0 Å². The van der Waals surface area contributed by atoms with Gasteiger partial charge in [0.15, 0.2) is 0 Å².